The summed E-state index contributed by atoms with van der Waals surface area (Å²) in [5.74, 6) is 1.19. The van der Waals surface area contributed by atoms with Gasteiger partial charge in [-0.2, -0.15) is 0 Å². The number of anilines is 1. The molecule has 4 aliphatic rings. The third kappa shape index (κ3) is 1.78. The molecule has 0 radical (unpaired) electrons. The highest BCUT2D eigenvalue weighted by atomic mass is 16.2. The van der Waals surface area contributed by atoms with Gasteiger partial charge in [0.15, 0.2) is 0 Å². The number of carbonyl (C=O) groups is 2. The highest BCUT2D eigenvalue weighted by Crippen LogP contribution is 2.53. The van der Waals surface area contributed by atoms with Crippen LogP contribution in [0.4, 0.5) is 5.82 Å². The maximum absolute atomic E-state index is 12.8. The fourth-order valence-corrected chi connectivity index (χ4v) is 4.73. The van der Waals surface area contributed by atoms with Crippen molar-refractivity contribution in [1.82, 2.24) is 4.98 Å². The Morgan fingerprint density at radius 2 is 1.48 bits per heavy atom. The van der Waals surface area contributed by atoms with Gasteiger partial charge in [-0.15, -0.1) is 0 Å². The van der Waals surface area contributed by atoms with E-state index in [2.05, 4.69) is 4.98 Å². The number of aryl methyl sites for hydroxylation is 2. The van der Waals surface area contributed by atoms with E-state index in [9.17, 15) is 9.59 Å². The first-order chi connectivity index (χ1) is 10.1. The first-order valence-electron chi connectivity index (χ1n) is 7.89. The van der Waals surface area contributed by atoms with E-state index in [-0.39, 0.29) is 23.7 Å². The third-order valence-electron chi connectivity index (χ3n) is 5.54. The van der Waals surface area contributed by atoms with E-state index in [1.807, 2.05) is 26.0 Å². The minimum Gasteiger partial charge on any atom is -0.274 e. The molecule has 21 heavy (non-hydrogen) atoms. The molecule has 5 rings (SSSR count). The molecule has 2 amide bonds. The second kappa shape index (κ2) is 4.39. The number of rotatable bonds is 1. The van der Waals surface area contributed by atoms with E-state index in [1.54, 1.807) is 0 Å². The molecule has 2 atom stereocenters. The number of nitrogens with zero attached hydrogens (tertiary/aromatic N) is 2. The largest absolute Gasteiger partial charge is 0.274 e. The standard InChI is InChI=1S/C17H20N2O2/c1-9-7-10(2)18-13(8-9)19-16(20)14-11-3-4-12(6-5-11)15(14)17(19)21/h7-8,11-12,14-15H,3-6H2,1-2H3. The van der Waals surface area contributed by atoms with Gasteiger partial charge in [0.25, 0.3) is 0 Å². The Hall–Kier alpha value is -1.71. The molecule has 1 aliphatic heterocycles. The molecule has 1 aromatic heterocycles. The Morgan fingerprint density at radius 3 is 1.95 bits per heavy atom. The predicted octanol–water partition coefficient (Wildman–Crippen LogP) is 2.62. The molecular formula is C17H20N2O2. The first-order valence-corrected chi connectivity index (χ1v) is 7.89. The van der Waals surface area contributed by atoms with Crippen molar-refractivity contribution >= 4 is 17.6 Å². The molecule has 4 nitrogen and oxygen atoms in total. The fraction of sp³-hybridized carbons (Fsp3) is 0.588. The van der Waals surface area contributed by atoms with Crippen LogP contribution in [0.2, 0.25) is 0 Å². The summed E-state index contributed by atoms with van der Waals surface area (Å²) in [6.45, 7) is 3.87. The lowest BCUT2D eigenvalue weighted by Gasteiger charge is -2.42. The summed E-state index contributed by atoms with van der Waals surface area (Å²) < 4.78 is 0. The van der Waals surface area contributed by atoms with Crippen molar-refractivity contribution in [3.8, 4) is 0 Å². The SMILES string of the molecule is Cc1cc(C)nc(N2C(=O)C3C4CCC(CC4)C3C2=O)c1. The number of carbonyl (C=O) groups excluding carboxylic acids is 2. The van der Waals surface area contributed by atoms with Gasteiger partial charge in [0, 0.05) is 5.69 Å². The molecule has 0 N–H and O–H groups in total. The predicted molar refractivity (Wildman–Crippen MR) is 78.6 cm³/mol. The van der Waals surface area contributed by atoms with Gasteiger partial charge in [0.05, 0.1) is 11.8 Å². The highest BCUT2D eigenvalue weighted by molar-refractivity contribution is 6.22. The minimum absolute atomic E-state index is 0.00287. The second-order valence-corrected chi connectivity index (χ2v) is 6.88. The summed E-state index contributed by atoms with van der Waals surface area (Å²) >= 11 is 0. The smallest absolute Gasteiger partial charge is 0.239 e. The maximum Gasteiger partial charge on any atom is 0.239 e. The molecule has 4 fully saturated rings. The van der Waals surface area contributed by atoms with E-state index >= 15 is 0 Å². The van der Waals surface area contributed by atoms with Crippen LogP contribution in [0.3, 0.4) is 0 Å². The van der Waals surface area contributed by atoms with Crippen LogP contribution in [0.1, 0.15) is 36.9 Å². The van der Waals surface area contributed by atoms with Gasteiger partial charge in [-0.3, -0.25) is 9.59 Å². The van der Waals surface area contributed by atoms with Gasteiger partial charge in [-0.05, 0) is 69.1 Å². The van der Waals surface area contributed by atoms with Gasteiger partial charge >= 0.3 is 0 Å². The van der Waals surface area contributed by atoms with Crippen LogP contribution in [0, 0.1) is 37.5 Å². The molecule has 1 saturated heterocycles. The van der Waals surface area contributed by atoms with Crippen LogP contribution in [0.25, 0.3) is 0 Å². The van der Waals surface area contributed by atoms with Crippen LogP contribution in [-0.4, -0.2) is 16.8 Å². The quantitative estimate of drug-likeness (QED) is 0.745. The molecule has 2 unspecified atom stereocenters. The third-order valence-corrected chi connectivity index (χ3v) is 5.54. The van der Waals surface area contributed by atoms with Crippen LogP contribution < -0.4 is 4.90 Å². The lowest BCUT2D eigenvalue weighted by Crippen LogP contribution is -2.41. The first kappa shape index (κ1) is 13.0. The summed E-state index contributed by atoms with van der Waals surface area (Å²) in [6.07, 6.45) is 4.44. The summed E-state index contributed by atoms with van der Waals surface area (Å²) in [7, 11) is 0. The van der Waals surface area contributed by atoms with E-state index in [0.29, 0.717) is 17.7 Å². The van der Waals surface area contributed by atoms with Crippen LogP contribution in [0.15, 0.2) is 12.1 Å². The van der Waals surface area contributed by atoms with Gasteiger partial charge < -0.3 is 0 Å². The van der Waals surface area contributed by atoms with Crippen molar-refractivity contribution < 1.29 is 9.59 Å². The Bertz CT molecular complexity index is 581. The number of imide groups is 1. The molecule has 4 heteroatoms. The van der Waals surface area contributed by atoms with Gasteiger partial charge in [0.2, 0.25) is 11.8 Å². The van der Waals surface area contributed by atoms with E-state index in [4.69, 9.17) is 0 Å². The Morgan fingerprint density at radius 1 is 0.952 bits per heavy atom. The van der Waals surface area contributed by atoms with Crippen molar-refractivity contribution in [1.29, 1.82) is 0 Å². The van der Waals surface area contributed by atoms with Crippen molar-refractivity contribution in [2.75, 3.05) is 4.90 Å². The molecular weight excluding hydrogens is 264 g/mol. The normalized spacial score (nSPS) is 34.5. The van der Waals surface area contributed by atoms with E-state index < -0.39 is 0 Å². The number of amides is 2. The minimum atomic E-state index is -0.0763. The number of hydrogen-bond acceptors (Lipinski definition) is 3. The summed E-state index contributed by atoms with van der Waals surface area (Å²) in [5, 5.41) is 0. The number of fused-ring (bicyclic) bond motifs is 2. The summed E-state index contributed by atoms with van der Waals surface area (Å²) in [4.78, 5) is 31.5. The average Bonchev–Trinajstić information content (AvgIpc) is 2.73. The molecule has 3 saturated carbocycles. The zero-order chi connectivity index (χ0) is 14.7. The molecule has 0 aromatic carbocycles. The van der Waals surface area contributed by atoms with Crippen molar-refractivity contribution in [2.24, 2.45) is 23.7 Å². The average molecular weight is 284 g/mol. The molecule has 0 spiro atoms. The molecule has 3 aliphatic carbocycles. The zero-order valence-corrected chi connectivity index (χ0v) is 12.5. The summed E-state index contributed by atoms with van der Waals surface area (Å²) in [5.41, 5.74) is 1.89. The Balaban J connectivity index is 1.77. The topological polar surface area (TPSA) is 50.3 Å². The second-order valence-electron chi connectivity index (χ2n) is 6.88. The van der Waals surface area contributed by atoms with E-state index in [0.717, 1.165) is 36.9 Å². The molecule has 2 bridgehead atoms. The van der Waals surface area contributed by atoms with Crippen molar-refractivity contribution in [2.45, 2.75) is 39.5 Å². The molecule has 110 valence electrons. The number of pyridine rings is 1. The number of aromatic nitrogens is 1. The molecule has 2 heterocycles. The fourth-order valence-electron chi connectivity index (χ4n) is 4.73. The lowest BCUT2D eigenvalue weighted by molar-refractivity contribution is -0.129. The lowest BCUT2D eigenvalue weighted by atomic mass is 9.59. The van der Waals surface area contributed by atoms with Gasteiger partial charge in [0.1, 0.15) is 5.82 Å². The zero-order valence-electron chi connectivity index (χ0n) is 12.5. The summed E-state index contributed by atoms with van der Waals surface area (Å²) in [6, 6.07) is 3.81. The Kier molecular flexibility index (Phi) is 2.72. The van der Waals surface area contributed by atoms with Crippen LogP contribution in [-0.2, 0) is 9.59 Å². The van der Waals surface area contributed by atoms with Crippen LogP contribution >= 0.6 is 0 Å². The molecule has 1 aromatic rings. The maximum atomic E-state index is 12.8. The van der Waals surface area contributed by atoms with Crippen molar-refractivity contribution in [3.63, 3.8) is 0 Å². The van der Waals surface area contributed by atoms with Gasteiger partial charge in [-0.1, -0.05) is 0 Å². The van der Waals surface area contributed by atoms with Crippen LogP contribution in [0.5, 0.6) is 0 Å². The number of hydrogen-bond donors (Lipinski definition) is 0. The van der Waals surface area contributed by atoms with Gasteiger partial charge in [-0.25, -0.2) is 9.88 Å². The highest BCUT2D eigenvalue weighted by Gasteiger charge is 2.58. The van der Waals surface area contributed by atoms with E-state index in [1.165, 1.54) is 4.90 Å². The Labute approximate surface area is 124 Å². The monoisotopic (exact) mass is 284 g/mol. The van der Waals surface area contributed by atoms with Crippen molar-refractivity contribution in [3.05, 3.63) is 23.4 Å².